The van der Waals surface area contributed by atoms with E-state index in [2.05, 4.69) is 10.6 Å². The lowest BCUT2D eigenvalue weighted by atomic mass is 10.1. The topological polar surface area (TPSA) is 98.8 Å². The molecule has 9 heteroatoms. The van der Waals surface area contributed by atoms with Crippen molar-refractivity contribution in [1.82, 2.24) is 20.4 Å². The fourth-order valence-corrected chi connectivity index (χ4v) is 4.23. The lowest BCUT2D eigenvalue weighted by Gasteiger charge is -2.28. The maximum Gasteiger partial charge on any atom is 0.248 e. The summed E-state index contributed by atoms with van der Waals surface area (Å²) in [7, 11) is 0. The van der Waals surface area contributed by atoms with Gasteiger partial charge in [-0.25, -0.2) is 0 Å². The van der Waals surface area contributed by atoms with Gasteiger partial charge in [-0.15, -0.1) is 0 Å². The summed E-state index contributed by atoms with van der Waals surface area (Å²) in [5.74, 6) is -0.292. The van der Waals surface area contributed by atoms with Gasteiger partial charge in [0.15, 0.2) is 0 Å². The Bertz CT molecular complexity index is 584. The first-order valence-corrected chi connectivity index (χ1v) is 9.48. The summed E-state index contributed by atoms with van der Waals surface area (Å²) in [6, 6.07) is -1.74. The number of rotatable bonds is 3. The minimum atomic E-state index is -0.628. The van der Waals surface area contributed by atoms with Crippen LogP contribution in [-0.4, -0.2) is 82.7 Å². The highest BCUT2D eigenvalue weighted by atomic mass is 32.2. The van der Waals surface area contributed by atoms with Gasteiger partial charge in [-0.1, -0.05) is 0 Å². The van der Waals surface area contributed by atoms with Crippen molar-refractivity contribution in [2.45, 2.75) is 43.9 Å². The average Bonchev–Trinajstić information content (AvgIpc) is 3.09. The highest BCUT2D eigenvalue weighted by Crippen LogP contribution is 2.29. The minimum absolute atomic E-state index is 0.0953. The van der Waals surface area contributed by atoms with Gasteiger partial charge in [0.25, 0.3) is 0 Å². The molecule has 3 heterocycles. The van der Waals surface area contributed by atoms with Crippen molar-refractivity contribution in [2.75, 3.05) is 25.1 Å². The number of carbonyl (C=O) groups is 4. The Labute approximate surface area is 144 Å². The monoisotopic (exact) mass is 354 g/mol. The van der Waals surface area contributed by atoms with Crippen LogP contribution in [0.2, 0.25) is 0 Å². The molecule has 3 fully saturated rings. The third kappa shape index (κ3) is 2.97. The number of carbonyl (C=O) groups excluding carboxylic acids is 4. The summed E-state index contributed by atoms with van der Waals surface area (Å²) >= 11 is 1.42. The van der Waals surface area contributed by atoms with Gasteiger partial charge in [-0.3, -0.25) is 19.2 Å². The number of nitrogens with zero attached hydrogens (tertiary/aromatic N) is 2. The third-order valence-electron chi connectivity index (χ3n) is 4.91. The molecule has 24 heavy (non-hydrogen) atoms. The van der Waals surface area contributed by atoms with Crippen LogP contribution < -0.4 is 10.6 Å². The Balaban J connectivity index is 1.77. The summed E-state index contributed by atoms with van der Waals surface area (Å²) in [6.45, 7) is 2.23. The van der Waals surface area contributed by atoms with Crippen LogP contribution in [0.15, 0.2) is 0 Å². The van der Waals surface area contributed by atoms with E-state index in [9.17, 15) is 19.2 Å². The van der Waals surface area contributed by atoms with Crippen molar-refractivity contribution in [1.29, 1.82) is 0 Å². The fraction of sp³-hybridized carbons (Fsp3) is 0.733. The Morgan fingerprint density at radius 3 is 2.79 bits per heavy atom. The van der Waals surface area contributed by atoms with Crippen molar-refractivity contribution in [2.24, 2.45) is 0 Å². The maximum absolute atomic E-state index is 12.9. The van der Waals surface area contributed by atoms with E-state index in [1.165, 1.54) is 28.5 Å². The average molecular weight is 354 g/mol. The molecular formula is C15H22N4O4S. The van der Waals surface area contributed by atoms with Crippen molar-refractivity contribution < 1.29 is 19.2 Å². The first-order chi connectivity index (χ1) is 11.4. The fourth-order valence-electron chi connectivity index (χ4n) is 3.88. The lowest BCUT2D eigenvalue weighted by Crippen LogP contribution is -2.52. The number of likely N-dealkylation sites (tertiary alicyclic amines) is 1. The molecule has 3 aliphatic heterocycles. The maximum atomic E-state index is 12.9. The van der Waals surface area contributed by atoms with Crippen LogP contribution in [0.25, 0.3) is 0 Å². The SMILES string of the molecule is CSCC(=O)N[C@H]1C[C@@H]2C(=O)N[C@H]3CCN(C(C)=O)[C@@H]3C(=O)N2C1. The molecule has 4 atom stereocenters. The minimum Gasteiger partial charge on any atom is -0.351 e. The molecular weight excluding hydrogens is 332 g/mol. The predicted octanol–water partition coefficient (Wildman–Crippen LogP) is -1.45. The van der Waals surface area contributed by atoms with Gasteiger partial charge in [-0.05, 0) is 19.1 Å². The molecule has 3 saturated heterocycles. The Morgan fingerprint density at radius 1 is 1.38 bits per heavy atom. The van der Waals surface area contributed by atoms with Gasteiger partial charge in [0, 0.05) is 26.1 Å². The zero-order valence-electron chi connectivity index (χ0n) is 13.8. The van der Waals surface area contributed by atoms with Crippen LogP contribution in [0.3, 0.4) is 0 Å². The van der Waals surface area contributed by atoms with Gasteiger partial charge < -0.3 is 20.4 Å². The lowest BCUT2D eigenvalue weighted by molar-refractivity contribution is -0.143. The van der Waals surface area contributed by atoms with Gasteiger partial charge in [0.05, 0.1) is 11.8 Å². The van der Waals surface area contributed by atoms with Crippen LogP contribution >= 0.6 is 11.8 Å². The first-order valence-electron chi connectivity index (χ1n) is 8.08. The standard InChI is InChI=1S/C15H22N4O4S/c1-8(20)18-4-3-10-13(18)15(23)19-6-9(16-12(21)7-24-2)5-11(19)14(22)17-10/h9-11,13H,3-7H2,1-2H3,(H,16,21)(H,17,22)/t9-,10-,11+,13-/m0/s1. The van der Waals surface area contributed by atoms with Gasteiger partial charge in [-0.2, -0.15) is 11.8 Å². The van der Waals surface area contributed by atoms with E-state index in [-0.39, 0.29) is 35.7 Å². The van der Waals surface area contributed by atoms with Crippen molar-refractivity contribution in [3.63, 3.8) is 0 Å². The molecule has 0 saturated carbocycles. The smallest absolute Gasteiger partial charge is 0.248 e. The van der Waals surface area contributed by atoms with Gasteiger partial charge >= 0.3 is 0 Å². The van der Waals surface area contributed by atoms with Crippen LogP contribution in [-0.2, 0) is 19.2 Å². The summed E-state index contributed by atoms with van der Waals surface area (Å²) in [6.07, 6.45) is 2.85. The zero-order valence-corrected chi connectivity index (χ0v) is 14.6. The van der Waals surface area contributed by atoms with E-state index in [4.69, 9.17) is 0 Å². The number of fused-ring (bicyclic) bond motifs is 2. The molecule has 0 aliphatic carbocycles. The third-order valence-corrected chi connectivity index (χ3v) is 5.46. The molecule has 2 N–H and O–H groups in total. The van der Waals surface area contributed by atoms with E-state index in [1.807, 2.05) is 6.26 Å². The predicted molar refractivity (Wildman–Crippen MR) is 88.2 cm³/mol. The summed E-state index contributed by atoms with van der Waals surface area (Å²) in [4.78, 5) is 52.1. The van der Waals surface area contributed by atoms with Crippen LogP contribution in [0, 0.1) is 0 Å². The molecule has 0 radical (unpaired) electrons. The molecule has 0 spiro atoms. The van der Waals surface area contributed by atoms with Crippen LogP contribution in [0.4, 0.5) is 0 Å². The summed E-state index contributed by atoms with van der Waals surface area (Å²) in [5, 5.41) is 5.79. The number of hydrogen-bond donors (Lipinski definition) is 2. The normalized spacial score (nSPS) is 32.1. The van der Waals surface area contributed by atoms with E-state index < -0.39 is 12.1 Å². The molecule has 132 valence electrons. The number of amides is 4. The molecule has 0 aromatic heterocycles. The van der Waals surface area contributed by atoms with Crippen molar-refractivity contribution in [3.05, 3.63) is 0 Å². The largest absolute Gasteiger partial charge is 0.351 e. The highest BCUT2D eigenvalue weighted by Gasteiger charge is 2.51. The second-order valence-corrected chi connectivity index (χ2v) is 7.37. The molecule has 0 unspecified atom stereocenters. The van der Waals surface area contributed by atoms with Crippen molar-refractivity contribution in [3.8, 4) is 0 Å². The Morgan fingerprint density at radius 2 is 2.12 bits per heavy atom. The van der Waals surface area contributed by atoms with E-state index in [1.54, 1.807) is 0 Å². The molecule has 3 aliphatic rings. The van der Waals surface area contributed by atoms with Crippen LogP contribution in [0.5, 0.6) is 0 Å². The van der Waals surface area contributed by atoms with E-state index >= 15 is 0 Å². The second-order valence-electron chi connectivity index (χ2n) is 6.50. The first kappa shape index (κ1) is 17.1. The molecule has 0 aromatic rings. The van der Waals surface area contributed by atoms with Gasteiger partial charge in [0.1, 0.15) is 12.1 Å². The molecule has 0 bridgehead atoms. The summed E-state index contributed by atoms with van der Waals surface area (Å²) in [5.41, 5.74) is 0. The molecule has 8 nitrogen and oxygen atoms in total. The molecule has 3 rings (SSSR count). The number of nitrogens with one attached hydrogen (secondary N) is 2. The summed E-state index contributed by atoms with van der Waals surface area (Å²) < 4.78 is 0. The van der Waals surface area contributed by atoms with Gasteiger partial charge in [0.2, 0.25) is 23.6 Å². The second kappa shape index (κ2) is 6.62. The Kier molecular flexibility index (Phi) is 4.71. The van der Waals surface area contributed by atoms with Crippen LogP contribution in [0.1, 0.15) is 19.8 Å². The molecule has 0 aromatic carbocycles. The quantitative estimate of drug-likeness (QED) is 0.646. The number of hydrogen-bond acceptors (Lipinski definition) is 5. The highest BCUT2D eigenvalue weighted by molar-refractivity contribution is 7.99. The zero-order chi connectivity index (χ0) is 17.4. The van der Waals surface area contributed by atoms with Crippen molar-refractivity contribution >= 4 is 35.4 Å². The Hall–Kier alpha value is -1.77. The number of thioether (sulfide) groups is 1. The molecule has 4 amide bonds. The van der Waals surface area contributed by atoms with E-state index in [0.29, 0.717) is 31.7 Å². The van der Waals surface area contributed by atoms with E-state index in [0.717, 1.165) is 0 Å².